The summed E-state index contributed by atoms with van der Waals surface area (Å²) in [4.78, 5) is 18.7. The summed E-state index contributed by atoms with van der Waals surface area (Å²) in [6.45, 7) is 2.50. The van der Waals surface area contributed by atoms with E-state index in [2.05, 4.69) is 15.2 Å². The van der Waals surface area contributed by atoms with Crippen molar-refractivity contribution in [2.24, 2.45) is 13.0 Å². The summed E-state index contributed by atoms with van der Waals surface area (Å²) < 4.78 is 46.6. The number of hydrogen-bond acceptors (Lipinski definition) is 5. The van der Waals surface area contributed by atoms with E-state index in [9.17, 15) is 17.6 Å². The van der Waals surface area contributed by atoms with Crippen molar-refractivity contribution in [1.29, 1.82) is 0 Å². The van der Waals surface area contributed by atoms with E-state index in [0.717, 1.165) is 19.3 Å². The highest BCUT2D eigenvalue weighted by molar-refractivity contribution is 7.89. The smallest absolute Gasteiger partial charge is 0.269 e. The van der Waals surface area contributed by atoms with E-state index in [1.54, 1.807) is 24.1 Å². The van der Waals surface area contributed by atoms with Crippen LogP contribution in [0.2, 0.25) is 5.02 Å². The van der Waals surface area contributed by atoms with Gasteiger partial charge in [-0.05, 0) is 44.2 Å². The fourth-order valence-corrected chi connectivity index (χ4v) is 5.26. The van der Waals surface area contributed by atoms with Crippen LogP contribution in [-0.2, 0) is 21.8 Å². The molecule has 1 heterocycles. The molecule has 0 radical (unpaired) electrons. The Morgan fingerprint density at radius 1 is 1.39 bits per heavy atom. The number of hydrogen-bond donors (Lipinski definition) is 2. The average Bonchev–Trinajstić information content (AvgIpc) is 3.15. The van der Waals surface area contributed by atoms with Crippen LogP contribution < -0.4 is 10.3 Å². The Bertz CT molecular complexity index is 1040. The SMILES string of the molecule is CCO[C@H]1CCC[C@H](CS(=O)(=O)NNC(=O)c2cc(-c3cn(C)cn3)cc(Cl)c2F)C1. The number of aromatic nitrogens is 2. The Kier molecular flexibility index (Phi) is 7.68. The van der Waals surface area contributed by atoms with Crippen LogP contribution >= 0.6 is 11.6 Å². The molecule has 0 spiro atoms. The lowest BCUT2D eigenvalue weighted by molar-refractivity contribution is 0.0236. The molecule has 2 N–H and O–H groups in total. The minimum Gasteiger partial charge on any atom is -0.378 e. The molecule has 31 heavy (non-hydrogen) atoms. The molecule has 1 fully saturated rings. The number of halogens is 2. The molecule has 1 aromatic heterocycles. The normalized spacial score (nSPS) is 19.4. The average molecular weight is 473 g/mol. The Hall–Kier alpha value is -2.01. The number of imidazole rings is 1. The monoisotopic (exact) mass is 472 g/mol. The zero-order valence-corrected chi connectivity index (χ0v) is 19.0. The molecule has 3 rings (SSSR count). The van der Waals surface area contributed by atoms with Crippen molar-refractivity contribution in [3.05, 3.63) is 41.1 Å². The second-order valence-corrected chi connectivity index (χ2v) is 9.87. The van der Waals surface area contributed by atoms with Crippen LogP contribution in [0.3, 0.4) is 0 Å². The molecular weight excluding hydrogens is 447 g/mol. The molecule has 1 saturated carbocycles. The summed E-state index contributed by atoms with van der Waals surface area (Å²) in [5.74, 6) is -2.10. The summed E-state index contributed by atoms with van der Waals surface area (Å²) in [6.07, 6.45) is 6.53. The predicted octanol–water partition coefficient (Wildman–Crippen LogP) is 3.04. The standard InChI is InChI=1S/C20H26ClFN4O4S/c1-3-30-15-6-4-5-13(7-15)11-31(28,29)25-24-20(27)16-8-14(9-17(21)19(16)22)18-10-26(2)12-23-18/h8-10,12-13,15,25H,3-7,11H2,1-2H3,(H,24,27)/t13-,15-/m0/s1. The summed E-state index contributed by atoms with van der Waals surface area (Å²) >= 11 is 5.94. The first-order valence-electron chi connectivity index (χ1n) is 10.1. The number of benzene rings is 1. The Balaban J connectivity index is 1.66. The highest BCUT2D eigenvalue weighted by Crippen LogP contribution is 2.28. The van der Waals surface area contributed by atoms with Gasteiger partial charge in [0.2, 0.25) is 10.0 Å². The van der Waals surface area contributed by atoms with Crippen molar-refractivity contribution in [2.45, 2.75) is 38.7 Å². The van der Waals surface area contributed by atoms with Crippen molar-refractivity contribution in [3.63, 3.8) is 0 Å². The second kappa shape index (κ2) is 10.1. The first-order valence-corrected chi connectivity index (χ1v) is 12.1. The molecular formula is C20H26ClFN4O4S. The molecule has 0 unspecified atom stereocenters. The Labute approximate surface area is 186 Å². The van der Waals surface area contributed by atoms with Gasteiger partial charge >= 0.3 is 0 Å². The summed E-state index contributed by atoms with van der Waals surface area (Å²) in [5.41, 5.74) is 2.63. The highest BCUT2D eigenvalue weighted by Gasteiger charge is 2.27. The van der Waals surface area contributed by atoms with Crippen molar-refractivity contribution in [2.75, 3.05) is 12.4 Å². The van der Waals surface area contributed by atoms with E-state index < -0.39 is 21.7 Å². The molecule has 2 aromatic rings. The summed E-state index contributed by atoms with van der Waals surface area (Å²) in [6, 6.07) is 2.64. The molecule has 11 heteroatoms. The summed E-state index contributed by atoms with van der Waals surface area (Å²) in [5, 5.41) is -0.264. The number of hydrazine groups is 1. The fraction of sp³-hybridized carbons (Fsp3) is 0.500. The van der Waals surface area contributed by atoms with Crippen LogP contribution in [0, 0.1) is 11.7 Å². The number of amides is 1. The van der Waals surface area contributed by atoms with Gasteiger partial charge in [0.25, 0.3) is 5.91 Å². The van der Waals surface area contributed by atoms with Gasteiger partial charge in [-0.2, -0.15) is 0 Å². The maximum absolute atomic E-state index is 14.5. The van der Waals surface area contributed by atoms with Crippen molar-refractivity contribution < 1.29 is 22.3 Å². The van der Waals surface area contributed by atoms with Crippen LogP contribution in [-0.4, -0.2) is 42.3 Å². The molecule has 0 saturated heterocycles. The molecule has 1 aromatic carbocycles. The molecule has 1 aliphatic rings. The van der Waals surface area contributed by atoms with Gasteiger partial charge in [0.05, 0.1) is 34.5 Å². The number of sulfonamides is 1. The maximum Gasteiger partial charge on any atom is 0.269 e. The molecule has 8 nitrogen and oxygen atoms in total. The van der Waals surface area contributed by atoms with E-state index in [-0.39, 0.29) is 28.4 Å². The Morgan fingerprint density at radius 3 is 2.84 bits per heavy atom. The second-order valence-electron chi connectivity index (χ2n) is 7.69. The number of nitrogens with zero attached hydrogens (tertiary/aromatic N) is 2. The predicted molar refractivity (Wildman–Crippen MR) is 115 cm³/mol. The lowest BCUT2D eigenvalue weighted by atomic mass is 9.88. The number of ether oxygens (including phenoxy) is 1. The molecule has 0 aliphatic heterocycles. The van der Waals surface area contributed by atoms with Gasteiger partial charge in [0, 0.05) is 25.4 Å². The fourth-order valence-electron chi connectivity index (χ4n) is 3.79. The van der Waals surface area contributed by atoms with E-state index in [1.165, 1.54) is 12.1 Å². The van der Waals surface area contributed by atoms with Gasteiger partial charge in [-0.3, -0.25) is 10.2 Å². The van der Waals surface area contributed by atoms with Crippen molar-refractivity contribution in [3.8, 4) is 11.3 Å². The van der Waals surface area contributed by atoms with Crippen molar-refractivity contribution in [1.82, 2.24) is 19.8 Å². The number of carbonyl (C=O) groups is 1. The largest absolute Gasteiger partial charge is 0.378 e. The molecule has 1 aliphatic carbocycles. The lowest BCUT2D eigenvalue weighted by Crippen LogP contribution is -2.44. The first kappa shape index (κ1) is 23.6. The lowest BCUT2D eigenvalue weighted by Gasteiger charge is -2.28. The van der Waals surface area contributed by atoms with Crippen LogP contribution in [0.1, 0.15) is 43.0 Å². The van der Waals surface area contributed by atoms with Crippen LogP contribution in [0.4, 0.5) is 4.39 Å². The molecule has 1 amide bonds. The van der Waals surface area contributed by atoms with Gasteiger partial charge in [0.15, 0.2) is 5.82 Å². The minimum absolute atomic E-state index is 0.0547. The molecule has 2 atom stereocenters. The number of carbonyl (C=O) groups excluding carboxylic acids is 1. The van der Waals surface area contributed by atoms with Gasteiger partial charge < -0.3 is 9.30 Å². The van der Waals surface area contributed by atoms with Gasteiger partial charge in [-0.25, -0.2) is 17.8 Å². The zero-order chi connectivity index (χ0) is 22.6. The summed E-state index contributed by atoms with van der Waals surface area (Å²) in [7, 11) is -2.04. The van der Waals surface area contributed by atoms with Crippen LogP contribution in [0.25, 0.3) is 11.3 Å². The first-order chi connectivity index (χ1) is 14.7. The number of nitrogens with one attached hydrogen (secondary N) is 2. The minimum atomic E-state index is -3.81. The van der Waals surface area contributed by atoms with Crippen LogP contribution in [0.5, 0.6) is 0 Å². The zero-order valence-electron chi connectivity index (χ0n) is 17.4. The third-order valence-corrected chi connectivity index (χ3v) is 6.78. The third-order valence-electron chi connectivity index (χ3n) is 5.19. The van der Waals surface area contributed by atoms with E-state index in [1.807, 2.05) is 6.92 Å². The van der Waals surface area contributed by atoms with Crippen LogP contribution in [0.15, 0.2) is 24.7 Å². The molecule has 0 bridgehead atoms. The van der Waals surface area contributed by atoms with Gasteiger partial charge in [-0.1, -0.05) is 18.0 Å². The van der Waals surface area contributed by atoms with Gasteiger partial charge in [0.1, 0.15) is 0 Å². The van der Waals surface area contributed by atoms with Crippen molar-refractivity contribution >= 4 is 27.5 Å². The van der Waals surface area contributed by atoms with E-state index >= 15 is 0 Å². The molecule has 170 valence electrons. The van der Waals surface area contributed by atoms with Gasteiger partial charge in [-0.15, -0.1) is 4.83 Å². The topological polar surface area (TPSA) is 102 Å². The number of aryl methyl sites for hydroxylation is 1. The number of rotatable bonds is 8. The quantitative estimate of drug-likeness (QED) is 0.575. The third kappa shape index (κ3) is 6.25. The van der Waals surface area contributed by atoms with E-state index in [0.29, 0.717) is 24.3 Å². The Morgan fingerprint density at radius 2 is 2.16 bits per heavy atom. The van der Waals surface area contributed by atoms with E-state index in [4.69, 9.17) is 16.3 Å². The highest BCUT2D eigenvalue weighted by atomic mass is 35.5. The maximum atomic E-state index is 14.5.